The summed E-state index contributed by atoms with van der Waals surface area (Å²) in [6.07, 6.45) is 12.8. The van der Waals surface area contributed by atoms with E-state index in [9.17, 15) is 0 Å². The Labute approximate surface area is 241 Å². The van der Waals surface area contributed by atoms with Crippen molar-refractivity contribution in [1.82, 2.24) is 10.3 Å². The third kappa shape index (κ3) is 5.24. The first-order valence-electron chi connectivity index (χ1n) is 16.0. The maximum atomic E-state index is 5.29. The molecule has 1 aromatic heterocycles. The molecule has 3 heteroatoms. The first kappa shape index (κ1) is 28.6. The number of fused-ring (bicyclic) bond motifs is 4. The molecule has 4 aromatic rings. The van der Waals surface area contributed by atoms with Crippen LogP contribution in [0.2, 0.25) is 0 Å². The maximum absolute atomic E-state index is 5.29. The quantitative estimate of drug-likeness (QED) is 0.159. The van der Waals surface area contributed by atoms with E-state index in [1.54, 1.807) is 5.56 Å². The van der Waals surface area contributed by atoms with Crippen LogP contribution in [-0.4, -0.2) is 10.3 Å². The standard InChI is InChI=1S/C37H48N2O/c1-7-9-11-13-21-37(22-14-12-10-8-2)33-23-27(25(3)4)15-17-31(33)32-18-16-28(24-34(32)37)30-20-19-29(26(5)6)35-36(30)39-40-38-35/h15-20,23-26H,7-14,21-22H2,1-6H3. The molecule has 0 saturated carbocycles. The van der Waals surface area contributed by atoms with Gasteiger partial charge in [0.2, 0.25) is 0 Å². The smallest absolute Gasteiger partial charge is 0.143 e. The number of rotatable bonds is 13. The van der Waals surface area contributed by atoms with E-state index in [2.05, 4.69) is 100 Å². The molecular weight excluding hydrogens is 488 g/mol. The minimum atomic E-state index is 0.0616. The van der Waals surface area contributed by atoms with E-state index >= 15 is 0 Å². The average molecular weight is 537 g/mol. The number of unbranched alkanes of at least 4 members (excludes halogenated alkanes) is 6. The van der Waals surface area contributed by atoms with E-state index in [1.165, 1.54) is 97.6 Å². The van der Waals surface area contributed by atoms with Crippen LogP contribution in [0.5, 0.6) is 0 Å². The Morgan fingerprint density at radius 3 is 1.85 bits per heavy atom. The lowest BCUT2D eigenvalue weighted by Crippen LogP contribution is -2.26. The molecule has 0 fully saturated rings. The van der Waals surface area contributed by atoms with Gasteiger partial charge in [0.1, 0.15) is 11.0 Å². The molecule has 0 spiro atoms. The number of nitrogens with zero attached hydrogens (tertiary/aromatic N) is 2. The summed E-state index contributed by atoms with van der Waals surface area (Å²) < 4.78 is 5.29. The first-order chi connectivity index (χ1) is 19.4. The molecule has 5 rings (SSSR count). The third-order valence-corrected chi connectivity index (χ3v) is 9.35. The van der Waals surface area contributed by atoms with Crippen LogP contribution in [0, 0.1) is 0 Å². The van der Waals surface area contributed by atoms with Gasteiger partial charge in [-0.2, -0.15) is 0 Å². The van der Waals surface area contributed by atoms with Crippen molar-refractivity contribution in [3.05, 3.63) is 70.8 Å². The fourth-order valence-corrected chi connectivity index (χ4v) is 6.99. The van der Waals surface area contributed by atoms with Crippen molar-refractivity contribution in [3.63, 3.8) is 0 Å². The molecule has 1 aliphatic carbocycles. The van der Waals surface area contributed by atoms with Gasteiger partial charge < -0.3 is 0 Å². The number of hydrogen-bond donors (Lipinski definition) is 0. The molecule has 3 aromatic carbocycles. The Hall–Kier alpha value is -2.94. The minimum absolute atomic E-state index is 0.0616. The third-order valence-electron chi connectivity index (χ3n) is 9.35. The van der Waals surface area contributed by atoms with Crippen molar-refractivity contribution >= 4 is 11.0 Å². The van der Waals surface area contributed by atoms with E-state index in [0.29, 0.717) is 11.8 Å². The number of aromatic nitrogens is 2. The predicted octanol–water partition coefficient (Wildman–Crippen LogP) is 11.3. The first-order valence-corrected chi connectivity index (χ1v) is 16.0. The van der Waals surface area contributed by atoms with Gasteiger partial charge in [0.15, 0.2) is 0 Å². The summed E-state index contributed by atoms with van der Waals surface area (Å²) in [6.45, 7) is 13.7. The maximum Gasteiger partial charge on any atom is 0.143 e. The summed E-state index contributed by atoms with van der Waals surface area (Å²) in [5.74, 6) is 0.891. The highest BCUT2D eigenvalue weighted by Crippen LogP contribution is 2.55. The molecule has 0 atom stereocenters. The van der Waals surface area contributed by atoms with Crippen LogP contribution < -0.4 is 0 Å². The topological polar surface area (TPSA) is 38.9 Å². The highest BCUT2D eigenvalue weighted by atomic mass is 16.6. The molecule has 0 aliphatic heterocycles. The second-order valence-electron chi connectivity index (χ2n) is 12.7. The van der Waals surface area contributed by atoms with Crippen LogP contribution in [-0.2, 0) is 5.41 Å². The Bertz CT molecular complexity index is 1430. The van der Waals surface area contributed by atoms with Crippen LogP contribution >= 0.6 is 0 Å². The molecule has 0 amide bonds. The second kappa shape index (κ2) is 12.3. The van der Waals surface area contributed by atoms with Gasteiger partial charge in [0, 0.05) is 11.0 Å². The molecular formula is C37H48N2O. The molecule has 0 bridgehead atoms. The lowest BCUT2D eigenvalue weighted by atomic mass is 9.70. The highest BCUT2D eigenvalue weighted by molar-refractivity contribution is 5.94. The molecule has 3 nitrogen and oxygen atoms in total. The molecule has 0 radical (unpaired) electrons. The normalized spacial score (nSPS) is 13.9. The monoisotopic (exact) mass is 536 g/mol. The van der Waals surface area contributed by atoms with E-state index < -0.39 is 0 Å². The van der Waals surface area contributed by atoms with Crippen molar-refractivity contribution in [2.75, 3.05) is 0 Å². The molecule has 0 saturated heterocycles. The Kier molecular flexibility index (Phi) is 8.78. The fourth-order valence-electron chi connectivity index (χ4n) is 6.99. The van der Waals surface area contributed by atoms with Gasteiger partial charge in [0.05, 0.1) is 0 Å². The summed E-state index contributed by atoms with van der Waals surface area (Å²) in [7, 11) is 0. The Morgan fingerprint density at radius 1 is 0.625 bits per heavy atom. The Balaban J connectivity index is 1.67. The van der Waals surface area contributed by atoms with E-state index in [4.69, 9.17) is 4.63 Å². The van der Waals surface area contributed by atoms with Gasteiger partial charge >= 0.3 is 0 Å². The second-order valence-corrected chi connectivity index (χ2v) is 12.7. The van der Waals surface area contributed by atoms with Crippen LogP contribution in [0.15, 0.2) is 53.2 Å². The van der Waals surface area contributed by atoms with Gasteiger partial charge in [-0.05, 0) is 80.0 Å². The molecule has 1 heterocycles. The van der Waals surface area contributed by atoms with E-state index in [-0.39, 0.29) is 5.41 Å². The van der Waals surface area contributed by atoms with Gasteiger partial charge in [-0.1, -0.05) is 135 Å². The van der Waals surface area contributed by atoms with Crippen molar-refractivity contribution in [3.8, 4) is 22.3 Å². The molecule has 212 valence electrons. The van der Waals surface area contributed by atoms with E-state index in [0.717, 1.165) is 16.6 Å². The zero-order valence-corrected chi connectivity index (χ0v) is 25.6. The fraction of sp³-hybridized carbons (Fsp3) is 0.514. The van der Waals surface area contributed by atoms with Crippen LogP contribution in [0.1, 0.15) is 140 Å². The Morgan fingerprint density at radius 2 is 1.23 bits per heavy atom. The summed E-state index contributed by atoms with van der Waals surface area (Å²) in [4.78, 5) is 0. The number of benzene rings is 3. The summed E-state index contributed by atoms with van der Waals surface area (Å²) in [5.41, 5.74) is 12.8. The largest absolute Gasteiger partial charge is 0.243 e. The van der Waals surface area contributed by atoms with Gasteiger partial charge in [0.25, 0.3) is 0 Å². The van der Waals surface area contributed by atoms with Crippen LogP contribution in [0.3, 0.4) is 0 Å². The zero-order valence-electron chi connectivity index (χ0n) is 25.6. The van der Waals surface area contributed by atoms with Gasteiger partial charge in [-0.25, -0.2) is 4.63 Å². The van der Waals surface area contributed by atoms with Gasteiger partial charge in [-0.15, -0.1) is 0 Å². The molecule has 0 unspecified atom stereocenters. The summed E-state index contributed by atoms with van der Waals surface area (Å²) in [5, 5.41) is 8.71. The summed E-state index contributed by atoms with van der Waals surface area (Å²) in [6, 6.07) is 19.0. The lowest BCUT2D eigenvalue weighted by molar-refractivity contribution is 0.315. The average Bonchev–Trinajstić information content (AvgIpc) is 3.54. The molecule has 0 N–H and O–H groups in total. The predicted molar refractivity (Wildman–Crippen MR) is 169 cm³/mol. The van der Waals surface area contributed by atoms with Crippen molar-refractivity contribution in [2.45, 2.75) is 123 Å². The lowest BCUT2D eigenvalue weighted by Gasteiger charge is -2.33. The SMILES string of the molecule is CCCCCCC1(CCCCCC)c2cc(-c3ccc(C(C)C)c4nonc34)ccc2-c2ccc(C(C)C)cc21. The minimum Gasteiger partial charge on any atom is -0.243 e. The van der Waals surface area contributed by atoms with Crippen LogP contribution in [0.4, 0.5) is 0 Å². The van der Waals surface area contributed by atoms with E-state index in [1.807, 2.05) is 0 Å². The van der Waals surface area contributed by atoms with Crippen molar-refractivity contribution in [2.24, 2.45) is 0 Å². The van der Waals surface area contributed by atoms with Crippen molar-refractivity contribution < 1.29 is 4.63 Å². The zero-order chi connectivity index (χ0) is 28.3. The van der Waals surface area contributed by atoms with Crippen molar-refractivity contribution in [1.29, 1.82) is 0 Å². The highest BCUT2D eigenvalue weighted by Gasteiger charge is 2.42. The molecule has 1 aliphatic rings. The summed E-state index contributed by atoms with van der Waals surface area (Å²) >= 11 is 0. The molecule has 40 heavy (non-hydrogen) atoms. The van der Waals surface area contributed by atoms with Crippen LogP contribution in [0.25, 0.3) is 33.3 Å². The van der Waals surface area contributed by atoms with Gasteiger partial charge in [-0.3, -0.25) is 0 Å². The number of hydrogen-bond acceptors (Lipinski definition) is 3.